The lowest BCUT2D eigenvalue weighted by molar-refractivity contribution is -0.110. The second kappa shape index (κ2) is 6.27. The molecule has 6 heteroatoms. The van der Waals surface area contributed by atoms with Crippen LogP contribution in [0.15, 0.2) is 18.2 Å². The molecule has 4 nitrogen and oxygen atoms in total. The molecule has 0 aliphatic heterocycles. The summed E-state index contributed by atoms with van der Waals surface area (Å²) in [5.41, 5.74) is 5.60. The number of benzene rings is 1. The molecule has 17 heavy (non-hydrogen) atoms. The van der Waals surface area contributed by atoms with Crippen molar-refractivity contribution in [3.8, 4) is 0 Å². The number of rotatable bonds is 6. The fraction of sp³-hybridized carbons (Fsp3) is 0.364. The molecule has 4 N–H and O–H groups in total. The summed E-state index contributed by atoms with van der Waals surface area (Å²) in [5, 5.41) is 11.9. The Balaban J connectivity index is 2.81. The molecule has 0 unspecified atom stereocenters. The van der Waals surface area contributed by atoms with E-state index in [0.29, 0.717) is 12.0 Å². The Morgan fingerprint density at radius 1 is 1.35 bits per heavy atom. The van der Waals surface area contributed by atoms with Crippen molar-refractivity contribution in [3.05, 3.63) is 35.4 Å². The van der Waals surface area contributed by atoms with E-state index < -0.39 is 23.8 Å². The predicted molar refractivity (Wildman–Crippen MR) is 58.1 cm³/mol. The van der Waals surface area contributed by atoms with Crippen LogP contribution in [0, 0.1) is 11.6 Å². The third-order valence-corrected chi connectivity index (χ3v) is 2.37. The summed E-state index contributed by atoms with van der Waals surface area (Å²) in [6.45, 7) is -0.0523. The molecule has 0 fully saturated rings. The lowest BCUT2D eigenvalue weighted by atomic mass is 10.0. The van der Waals surface area contributed by atoms with E-state index in [9.17, 15) is 18.7 Å². The zero-order valence-corrected chi connectivity index (χ0v) is 9.07. The first-order valence-electron chi connectivity index (χ1n) is 5.09. The normalized spacial score (nSPS) is 14.1. The van der Waals surface area contributed by atoms with Crippen molar-refractivity contribution in [2.75, 3.05) is 6.54 Å². The Bertz CT molecular complexity index is 367. The van der Waals surface area contributed by atoms with Crippen LogP contribution in [0.1, 0.15) is 5.56 Å². The van der Waals surface area contributed by atoms with Crippen LogP contribution in [-0.4, -0.2) is 30.2 Å². The minimum absolute atomic E-state index is 0.0523. The van der Waals surface area contributed by atoms with Crippen molar-refractivity contribution in [1.82, 2.24) is 5.32 Å². The number of hydrogen-bond donors (Lipinski definition) is 3. The molecule has 0 aliphatic rings. The molecule has 0 heterocycles. The topological polar surface area (TPSA) is 75.3 Å². The van der Waals surface area contributed by atoms with Crippen molar-refractivity contribution in [1.29, 1.82) is 0 Å². The van der Waals surface area contributed by atoms with Gasteiger partial charge >= 0.3 is 0 Å². The molecule has 0 saturated heterocycles. The van der Waals surface area contributed by atoms with Crippen molar-refractivity contribution < 1.29 is 18.7 Å². The molecule has 0 bridgehead atoms. The molecule has 0 saturated carbocycles. The second-order valence-electron chi connectivity index (χ2n) is 3.68. The number of amides is 1. The van der Waals surface area contributed by atoms with Crippen molar-refractivity contribution in [2.24, 2.45) is 5.73 Å². The van der Waals surface area contributed by atoms with E-state index in [1.807, 2.05) is 0 Å². The molecular formula is C11H14F2N2O2. The molecule has 1 amide bonds. The Hall–Kier alpha value is -1.53. The first-order chi connectivity index (χ1) is 8.06. The van der Waals surface area contributed by atoms with Crippen LogP contribution in [0.5, 0.6) is 0 Å². The van der Waals surface area contributed by atoms with Gasteiger partial charge in [0.05, 0.1) is 12.1 Å². The highest BCUT2D eigenvalue weighted by atomic mass is 19.1. The first-order valence-corrected chi connectivity index (χ1v) is 5.09. The predicted octanol–water partition coefficient (Wildman–Crippen LogP) is -0.0585. The largest absolute Gasteiger partial charge is 0.390 e. The fourth-order valence-corrected chi connectivity index (χ4v) is 1.54. The maximum absolute atomic E-state index is 12.9. The summed E-state index contributed by atoms with van der Waals surface area (Å²) in [4.78, 5) is 10.3. The summed E-state index contributed by atoms with van der Waals surface area (Å²) in [5.74, 6) is -1.40. The van der Waals surface area contributed by atoms with E-state index in [-0.39, 0.29) is 13.0 Å². The Morgan fingerprint density at radius 3 is 2.41 bits per heavy atom. The Morgan fingerprint density at radius 2 is 1.94 bits per heavy atom. The summed E-state index contributed by atoms with van der Waals surface area (Å²) in [6.07, 6.45) is -0.447. The molecular weight excluding hydrogens is 230 g/mol. The number of hydrogen-bond acceptors (Lipinski definition) is 3. The van der Waals surface area contributed by atoms with E-state index in [2.05, 4.69) is 5.32 Å². The highest BCUT2D eigenvalue weighted by Crippen LogP contribution is 2.11. The number of aliphatic hydroxyl groups excluding tert-OH is 1. The van der Waals surface area contributed by atoms with Crippen LogP contribution < -0.4 is 11.1 Å². The molecule has 0 aromatic heterocycles. The molecule has 2 atom stereocenters. The van der Waals surface area contributed by atoms with E-state index in [1.54, 1.807) is 0 Å². The SMILES string of the molecule is NC[C@@H](O)[C@H](Cc1cc(F)cc(F)c1)NC=O. The van der Waals surface area contributed by atoms with Crippen LogP contribution in [0.4, 0.5) is 8.78 Å². The van der Waals surface area contributed by atoms with Gasteiger partial charge in [-0.25, -0.2) is 8.78 Å². The average Bonchev–Trinajstić information content (AvgIpc) is 2.26. The quantitative estimate of drug-likeness (QED) is 0.614. The van der Waals surface area contributed by atoms with Gasteiger partial charge in [0, 0.05) is 12.6 Å². The molecule has 1 aromatic carbocycles. The van der Waals surface area contributed by atoms with E-state index in [4.69, 9.17) is 5.73 Å². The minimum atomic E-state index is -0.966. The van der Waals surface area contributed by atoms with Gasteiger partial charge in [-0.3, -0.25) is 4.79 Å². The van der Waals surface area contributed by atoms with Gasteiger partial charge in [0.15, 0.2) is 0 Å². The van der Waals surface area contributed by atoms with Crippen LogP contribution in [0.25, 0.3) is 0 Å². The highest BCUT2D eigenvalue weighted by Gasteiger charge is 2.18. The molecule has 1 rings (SSSR count). The monoisotopic (exact) mass is 244 g/mol. The zero-order chi connectivity index (χ0) is 12.8. The number of carbonyl (C=O) groups excluding carboxylic acids is 1. The fourth-order valence-electron chi connectivity index (χ4n) is 1.54. The first kappa shape index (κ1) is 13.5. The molecule has 0 spiro atoms. The van der Waals surface area contributed by atoms with Gasteiger partial charge in [-0.15, -0.1) is 0 Å². The zero-order valence-electron chi connectivity index (χ0n) is 9.07. The number of nitrogens with one attached hydrogen (secondary N) is 1. The number of nitrogens with two attached hydrogens (primary N) is 1. The van der Waals surface area contributed by atoms with E-state index >= 15 is 0 Å². The van der Waals surface area contributed by atoms with Gasteiger partial charge in [-0.2, -0.15) is 0 Å². The van der Waals surface area contributed by atoms with Crippen molar-refractivity contribution >= 4 is 6.41 Å². The summed E-state index contributed by atoms with van der Waals surface area (Å²) >= 11 is 0. The third-order valence-electron chi connectivity index (χ3n) is 2.37. The van der Waals surface area contributed by atoms with Gasteiger partial charge in [0.2, 0.25) is 6.41 Å². The maximum Gasteiger partial charge on any atom is 0.207 e. The van der Waals surface area contributed by atoms with Gasteiger partial charge in [0.1, 0.15) is 11.6 Å². The molecule has 1 aromatic rings. The summed E-state index contributed by atoms with van der Waals surface area (Å²) in [7, 11) is 0. The second-order valence-corrected chi connectivity index (χ2v) is 3.68. The standard InChI is InChI=1S/C11H14F2N2O2/c12-8-1-7(2-9(13)4-8)3-10(15-6-16)11(17)5-14/h1-2,4,6,10-11,17H,3,5,14H2,(H,15,16)/t10-,11+/m0/s1. The lowest BCUT2D eigenvalue weighted by Crippen LogP contribution is -2.44. The number of halogens is 2. The third kappa shape index (κ3) is 4.08. The van der Waals surface area contributed by atoms with Gasteiger partial charge in [-0.1, -0.05) is 0 Å². The van der Waals surface area contributed by atoms with E-state index in [1.165, 1.54) is 0 Å². The Kier molecular flexibility index (Phi) is 4.99. The lowest BCUT2D eigenvalue weighted by Gasteiger charge is -2.21. The van der Waals surface area contributed by atoms with Gasteiger partial charge < -0.3 is 16.2 Å². The number of carbonyl (C=O) groups is 1. The van der Waals surface area contributed by atoms with Crippen LogP contribution >= 0.6 is 0 Å². The summed E-state index contributed by atoms with van der Waals surface area (Å²) in [6, 6.07) is 2.38. The molecule has 94 valence electrons. The minimum Gasteiger partial charge on any atom is -0.390 e. The van der Waals surface area contributed by atoms with Crippen LogP contribution in [-0.2, 0) is 11.2 Å². The highest BCUT2D eigenvalue weighted by molar-refractivity contribution is 5.47. The average molecular weight is 244 g/mol. The van der Waals surface area contributed by atoms with Crippen molar-refractivity contribution in [2.45, 2.75) is 18.6 Å². The van der Waals surface area contributed by atoms with Crippen molar-refractivity contribution in [3.63, 3.8) is 0 Å². The molecule has 0 aliphatic carbocycles. The van der Waals surface area contributed by atoms with E-state index in [0.717, 1.165) is 18.2 Å². The summed E-state index contributed by atoms with van der Waals surface area (Å²) < 4.78 is 25.9. The smallest absolute Gasteiger partial charge is 0.207 e. The van der Waals surface area contributed by atoms with Gasteiger partial charge in [-0.05, 0) is 24.1 Å². The van der Waals surface area contributed by atoms with Gasteiger partial charge in [0.25, 0.3) is 0 Å². The van der Waals surface area contributed by atoms with Crippen LogP contribution in [0.3, 0.4) is 0 Å². The Labute approximate surface area is 97.4 Å². The molecule has 0 radical (unpaired) electrons. The van der Waals surface area contributed by atoms with Crippen LogP contribution in [0.2, 0.25) is 0 Å². The number of aliphatic hydroxyl groups is 1. The maximum atomic E-state index is 12.9.